The molecule has 0 aliphatic rings. The molecule has 0 saturated carbocycles. The van der Waals surface area contributed by atoms with Crippen LogP contribution in [0.4, 0.5) is 0 Å². The summed E-state index contributed by atoms with van der Waals surface area (Å²) < 4.78 is 5.73. The number of benzene rings is 2. The van der Waals surface area contributed by atoms with Gasteiger partial charge < -0.3 is 14.6 Å². The van der Waals surface area contributed by atoms with Crippen molar-refractivity contribution in [3.63, 3.8) is 0 Å². The number of aryl methyl sites for hydroxylation is 1. The largest absolute Gasteiger partial charge is 0.441 e. The van der Waals surface area contributed by atoms with Crippen LogP contribution in [0.5, 0.6) is 0 Å². The first-order valence-corrected chi connectivity index (χ1v) is 9.52. The van der Waals surface area contributed by atoms with E-state index < -0.39 is 0 Å². The van der Waals surface area contributed by atoms with E-state index in [1.54, 1.807) is 6.07 Å². The fourth-order valence-corrected chi connectivity index (χ4v) is 3.26. The monoisotopic (exact) mass is 397 g/mol. The lowest BCUT2D eigenvalue weighted by Gasteiger charge is -2.25. The van der Waals surface area contributed by atoms with Crippen molar-refractivity contribution in [3.8, 4) is 11.5 Å². The standard InChI is InChI=1S/C22H24ClN3O2/c1-15-19(25-22(28-15)17-11-7-8-12-18(17)23)13-21(27)24-14-20(26(2)3)16-9-5-4-6-10-16/h4-12,20H,13-14H2,1-3H3,(H,24,27). The van der Waals surface area contributed by atoms with Gasteiger partial charge in [-0.2, -0.15) is 0 Å². The van der Waals surface area contributed by atoms with Gasteiger partial charge in [-0.3, -0.25) is 4.79 Å². The summed E-state index contributed by atoms with van der Waals surface area (Å²) in [5.74, 6) is 0.962. The highest BCUT2D eigenvalue weighted by Crippen LogP contribution is 2.28. The maximum absolute atomic E-state index is 12.5. The molecule has 0 bridgehead atoms. The molecule has 3 aromatic rings. The molecule has 0 saturated heterocycles. The highest BCUT2D eigenvalue weighted by atomic mass is 35.5. The molecule has 0 radical (unpaired) electrons. The van der Waals surface area contributed by atoms with Crippen molar-refractivity contribution < 1.29 is 9.21 Å². The highest BCUT2D eigenvalue weighted by Gasteiger charge is 2.18. The maximum Gasteiger partial charge on any atom is 0.228 e. The van der Waals surface area contributed by atoms with Crippen LogP contribution in [-0.4, -0.2) is 36.4 Å². The van der Waals surface area contributed by atoms with Gasteiger partial charge in [0.2, 0.25) is 11.8 Å². The van der Waals surface area contributed by atoms with Crippen molar-refractivity contribution in [3.05, 3.63) is 76.6 Å². The van der Waals surface area contributed by atoms with Gasteiger partial charge in [-0.15, -0.1) is 0 Å². The molecule has 1 amide bonds. The molecule has 5 nitrogen and oxygen atoms in total. The third-order valence-electron chi connectivity index (χ3n) is 4.63. The maximum atomic E-state index is 12.5. The molecule has 3 rings (SSSR count). The lowest BCUT2D eigenvalue weighted by Crippen LogP contribution is -2.35. The predicted molar refractivity (Wildman–Crippen MR) is 111 cm³/mol. The molecule has 0 spiro atoms. The van der Waals surface area contributed by atoms with E-state index in [9.17, 15) is 4.79 Å². The van der Waals surface area contributed by atoms with Crippen LogP contribution in [0.15, 0.2) is 59.0 Å². The number of aromatic nitrogens is 1. The van der Waals surface area contributed by atoms with Crippen LogP contribution in [0.2, 0.25) is 5.02 Å². The number of amides is 1. The molecule has 6 heteroatoms. The first-order chi connectivity index (χ1) is 13.5. The number of rotatable bonds is 7. The average Bonchev–Trinajstić information content (AvgIpc) is 3.03. The molecule has 1 heterocycles. The zero-order valence-corrected chi connectivity index (χ0v) is 17.0. The van der Waals surface area contributed by atoms with Gasteiger partial charge in [0.1, 0.15) is 5.76 Å². The van der Waals surface area contributed by atoms with E-state index >= 15 is 0 Å². The van der Waals surface area contributed by atoms with Crippen LogP contribution in [0, 0.1) is 6.92 Å². The van der Waals surface area contributed by atoms with Gasteiger partial charge in [-0.25, -0.2) is 4.98 Å². The third-order valence-corrected chi connectivity index (χ3v) is 4.95. The average molecular weight is 398 g/mol. The van der Waals surface area contributed by atoms with Crippen molar-refractivity contribution in [1.82, 2.24) is 15.2 Å². The minimum atomic E-state index is -0.0927. The normalized spacial score (nSPS) is 12.2. The molecule has 0 aliphatic heterocycles. The lowest BCUT2D eigenvalue weighted by atomic mass is 10.1. The number of hydrogen-bond acceptors (Lipinski definition) is 4. The minimum absolute atomic E-state index is 0.0927. The number of likely N-dealkylation sites (N-methyl/N-ethyl adjacent to an activating group) is 1. The van der Waals surface area contributed by atoms with Crippen LogP contribution in [-0.2, 0) is 11.2 Å². The predicted octanol–water partition coefficient (Wildman–Crippen LogP) is 4.27. The Hall–Kier alpha value is -2.63. The van der Waals surface area contributed by atoms with E-state index in [0.29, 0.717) is 28.9 Å². The van der Waals surface area contributed by atoms with Crippen molar-refractivity contribution in [1.29, 1.82) is 0 Å². The van der Waals surface area contributed by atoms with Crippen LogP contribution in [0.3, 0.4) is 0 Å². The zero-order chi connectivity index (χ0) is 20.1. The first-order valence-electron chi connectivity index (χ1n) is 9.15. The summed E-state index contributed by atoms with van der Waals surface area (Å²) in [6.07, 6.45) is 0.161. The summed E-state index contributed by atoms with van der Waals surface area (Å²) in [5.41, 5.74) is 2.50. The van der Waals surface area contributed by atoms with Gasteiger partial charge in [0.25, 0.3) is 0 Å². The molecule has 28 heavy (non-hydrogen) atoms. The number of oxazole rings is 1. The molecular formula is C22H24ClN3O2. The van der Waals surface area contributed by atoms with Crippen molar-refractivity contribution >= 4 is 17.5 Å². The number of carbonyl (C=O) groups is 1. The second-order valence-electron chi connectivity index (χ2n) is 6.87. The summed E-state index contributed by atoms with van der Waals surface area (Å²) in [7, 11) is 4.00. The summed E-state index contributed by atoms with van der Waals surface area (Å²) >= 11 is 6.21. The van der Waals surface area contributed by atoms with Gasteiger partial charge in [-0.1, -0.05) is 54.1 Å². The number of nitrogens with zero attached hydrogens (tertiary/aromatic N) is 2. The Bertz CT molecular complexity index is 938. The van der Waals surface area contributed by atoms with E-state index in [2.05, 4.69) is 27.3 Å². The summed E-state index contributed by atoms with van der Waals surface area (Å²) in [5, 5.41) is 3.58. The lowest BCUT2D eigenvalue weighted by molar-refractivity contribution is -0.120. The van der Waals surface area contributed by atoms with Crippen LogP contribution >= 0.6 is 11.6 Å². The van der Waals surface area contributed by atoms with E-state index in [4.69, 9.17) is 16.0 Å². The highest BCUT2D eigenvalue weighted by molar-refractivity contribution is 6.33. The van der Waals surface area contributed by atoms with E-state index in [-0.39, 0.29) is 18.4 Å². The van der Waals surface area contributed by atoms with Gasteiger partial charge in [0.05, 0.1) is 28.7 Å². The third kappa shape index (κ3) is 4.80. The van der Waals surface area contributed by atoms with Crippen molar-refractivity contribution in [2.24, 2.45) is 0 Å². The van der Waals surface area contributed by atoms with Crippen LogP contribution in [0.25, 0.3) is 11.5 Å². The molecule has 2 aromatic carbocycles. The number of nitrogens with one attached hydrogen (secondary N) is 1. The number of carbonyl (C=O) groups excluding carboxylic acids is 1. The Morgan fingerprint density at radius 3 is 2.50 bits per heavy atom. The smallest absolute Gasteiger partial charge is 0.228 e. The molecule has 1 unspecified atom stereocenters. The second-order valence-corrected chi connectivity index (χ2v) is 7.28. The fourth-order valence-electron chi connectivity index (χ4n) is 3.04. The minimum Gasteiger partial charge on any atom is -0.441 e. The van der Waals surface area contributed by atoms with Crippen molar-refractivity contribution in [2.75, 3.05) is 20.6 Å². The summed E-state index contributed by atoms with van der Waals surface area (Å²) in [4.78, 5) is 19.1. The van der Waals surface area contributed by atoms with E-state index in [1.165, 1.54) is 0 Å². The first kappa shape index (κ1) is 20.1. The molecule has 1 N–H and O–H groups in total. The molecule has 1 atom stereocenters. The number of hydrogen-bond donors (Lipinski definition) is 1. The fraction of sp³-hybridized carbons (Fsp3) is 0.273. The topological polar surface area (TPSA) is 58.4 Å². The molecular weight excluding hydrogens is 374 g/mol. The summed E-state index contributed by atoms with van der Waals surface area (Å²) in [6.45, 7) is 2.33. The van der Waals surface area contributed by atoms with Crippen molar-refractivity contribution in [2.45, 2.75) is 19.4 Å². The second kappa shape index (κ2) is 9.04. The summed E-state index contributed by atoms with van der Waals surface area (Å²) in [6, 6.07) is 17.6. The Morgan fingerprint density at radius 1 is 1.14 bits per heavy atom. The zero-order valence-electron chi connectivity index (χ0n) is 16.3. The molecule has 146 valence electrons. The van der Waals surface area contributed by atoms with Gasteiger partial charge in [-0.05, 0) is 38.7 Å². The Morgan fingerprint density at radius 2 is 1.82 bits per heavy atom. The molecule has 0 aliphatic carbocycles. The Labute approximate surface area is 170 Å². The quantitative estimate of drug-likeness (QED) is 0.647. The SMILES string of the molecule is Cc1oc(-c2ccccc2Cl)nc1CC(=O)NCC(c1ccccc1)N(C)C. The van der Waals surface area contributed by atoms with E-state index in [1.807, 2.05) is 57.4 Å². The van der Waals surface area contributed by atoms with Gasteiger partial charge >= 0.3 is 0 Å². The Kier molecular flexibility index (Phi) is 6.49. The van der Waals surface area contributed by atoms with E-state index in [0.717, 1.165) is 11.1 Å². The molecule has 1 aromatic heterocycles. The van der Waals surface area contributed by atoms with Crippen LogP contribution < -0.4 is 5.32 Å². The Balaban J connectivity index is 1.66. The van der Waals surface area contributed by atoms with Gasteiger partial charge in [0.15, 0.2) is 0 Å². The molecule has 0 fully saturated rings. The van der Waals surface area contributed by atoms with Crippen LogP contribution in [0.1, 0.15) is 23.1 Å². The number of halogens is 1. The van der Waals surface area contributed by atoms with Gasteiger partial charge in [0, 0.05) is 6.54 Å².